The van der Waals surface area contributed by atoms with Crippen LogP contribution in [0.5, 0.6) is 0 Å². The largest absolute Gasteiger partial charge is 0.339 e. The first kappa shape index (κ1) is 21.6. The van der Waals surface area contributed by atoms with Crippen molar-refractivity contribution in [2.45, 2.75) is 65.2 Å². The van der Waals surface area contributed by atoms with Gasteiger partial charge in [-0.1, -0.05) is 25.9 Å². The van der Waals surface area contributed by atoms with Crippen molar-refractivity contribution in [3.63, 3.8) is 0 Å². The molecule has 1 aliphatic carbocycles. The zero-order valence-electron chi connectivity index (χ0n) is 18.3. The van der Waals surface area contributed by atoms with Crippen LogP contribution in [0.15, 0.2) is 10.6 Å². The number of nitrogens with one attached hydrogen (secondary N) is 1. The van der Waals surface area contributed by atoms with E-state index in [0.717, 1.165) is 80.6 Å². The fourth-order valence-corrected chi connectivity index (χ4v) is 4.99. The molecule has 3 fully saturated rings. The number of pyridine rings is 1. The quantitative estimate of drug-likeness (QED) is 0.781. The molecular weight excluding hydrogens is 400 g/mol. The molecule has 5 rings (SSSR count). The number of likely N-dealkylation sites (tertiary alicyclic amines) is 1. The van der Waals surface area contributed by atoms with Crippen molar-refractivity contribution in [2.75, 3.05) is 26.2 Å². The van der Waals surface area contributed by atoms with Crippen LogP contribution in [0, 0.1) is 10.8 Å². The second kappa shape index (κ2) is 7.79. The molecule has 2 aromatic rings. The van der Waals surface area contributed by atoms with Crippen molar-refractivity contribution < 1.29 is 9.32 Å². The normalized spacial score (nSPS) is 21.2. The van der Waals surface area contributed by atoms with Crippen LogP contribution in [0.4, 0.5) is 0 Å². The Kier molecular flexibility index (Phi) is 5.60. The number of carbonyl (C=O) groups excluding carboxylic acids is 1. The van der Waals surface area contributed by atoms with E-state index in [4.69, 9.17) is 9.51 Å². The van der Waals surface area contributed by atoms with Crippen molar-refractivity contribution in [1.29, 1.82) is 0 Å². The van der Waals surface area contributed by atoms with Gasteiger partial charge in [0.1, 0.15) is 0 Å². The maximum absolute atomic E-state index is 13.6. The number of halogens is 1. The van der Waals surface area contributed by atoms with E-state index in [0.29, 0.717) is 17.0 Å². The minimum absolute atomic E-state index is 0. The van der Waals surface area contributed by atoms with Crippen molar-refractivity contribution in [2.24, 2.45) is 10.8 Å². The van der Waals surface area contributed by atoms with Crippen LogP contribution in [-0.4, -0.2) is 47.1 Å². The van der Waals surface area contributed by atoms with Gasteiger partial charge in [-0.15, -0.1) is 12.4 Å². The lowest BCUT2D eigenvalue weighted by Gasteiger charge is -2.39. The molecule has 0 atom stereocenters. The second-order valence-corrected chi connectivity index (χ2v) is 10.6. The van der Waals surface area contributed by atoms with E-state index in [1.807, 2.05) is 11.0 Å². The SMILES string of the molecule is CC(C)(C)Cc1noc2nc(C3CC3)cc(C(=O)N3CCC4(CCNC4)CC3)c12.Cl. The number of amides is 1. The minimum Gasteiger partial charge on any atom is -0.339 e. The van der Waals surface area contributed by atoms with Gasteiger partial charge in [0.15, 0.2) is 0 Å². The van der Waals surface area contributed by atoms with Crippen LogP contribution in [0.2, 0.25) is 0 Å². The summed E-state index contributed by atoms with van der Waals surface area (Å²) < 4.78 is 5.63. The average Bonchev–Trinajstić information content (AvgIpc) is 3.33. The van der Waals surface area contributed by atoms with Crippen LogP contribution < -0.4 is 5.32 Å². The smallest absolute Gasteiger partial charge is 0.259 e. The molecule has 0 radical (unpaired) electrons. The number of hydrogen-bond acceptors (Lipinski definition) is 5. The summed E-state index contributed by atoms with van der Waals surface area (Å²) in [7, 11) is 0. The third-order valence-corrected chi connectivity index (χ3v) is 6.90. The molecule has 1 spiro atoms. The summed E-state index contributed by atoms with van der Waals surface area (Å²) in [4.78, 5) is 20.4. The van der Waals surface area contributed by atoms with Gasteiger partial charge in [-0.05, 0) is 62.0 Å². The molecule has 1 N–H and O–H groups in total. The molecule has 2 saturated heterocycles. The Labute approximate surface area is 184 Å². The van der Waals surface area contributed by atoms with Crippen LogP contribution in [0.3, 0.4) is 0 Å². The van der Waals surface area contributed by atoms with Crippen molar-refractivity contribution in [1.82, 2.24) is 20.4 Å². The van der Waals surface area contributed by atoms with E-state index in [1.54, 1.807) is 0 Å². The third kappa shape index (κ3) is 4.09. The fourth-order valence-electron chi connectivity index (χ4n) is 4.99. The summed E-state index contributed by atoms with van der Waals surface area (Å²) in [5.41, 5.74) is 3.60. The number of hydrogen-bond donors (Lipinski definition) is 1. The molecule has 30 heavy (non-hydrogen) atoms. The Bertz CT molecular complexity index is 929. The lowest BCUT2D eigenvalue weighted by molar-refractivity contribution is 0.0609. The Hall–Kier alpha value is -1.66. The first-order chi connectivity index (χ1) is 13.8. The second-order valence-electron chi connectivity index (χ2n) is 10.6. The van der Waals surface area contributed by atoms with Crippen LogP contribution in [0.1, 0.15) is 80.5 Å². The Morgan fingerprint density at radius 3 is 2.60 bits per heavy atom. The predicted octanol–water partition coefficient (Wildman–Crippen LogP) is 4.33. The zero-order valence-corrected chi connectivity index (χ0v) is 19.1. The van der Waals surface area contributed by atoms with Crippen LogP contribution in [-0.2, 0) is 6.42 Å². The molecule has 3 aliphatic rings. The number of carbonyl (C=O) groups is 1. The van der Waals surface area contributed by atoms with Gasteiger partial charge in [-0.3, -0.25) is 4.79 Å². The summed E-state index contributed by atoms with van der Waals surface area (Å²) in [5, 5.41) is 8.66. The van der Waals surface area contributed by atoms with Crippen LogP contribution >= 0.6 is 12.4 Å². The maximum atomic E-state index is 13.6. The maximum Gasteiger partial charge on any atom is 0.259 e. The molecule has 2 aliphatic heterocycles. The first-order valence-electron chi connectivity index (χ1n) is 11.1. The molecule has 6 nitrogen and oxygen atoms in total. The van der Waals surface area contributed by atoms with E-state index in [2.05, 4.69) is 31.2 Å². The minimum atomic E-state index is 0. The number of fused-ring (bicyclic) bond motifs is 1. The molecule has 164 valence electrons. The van der Waals surface area contributed by atoms with Gasteiger partial charge >= 0.3 is 0 Å². The number of rotatable bonds is 3. The molecule has 1 amide bonds. The van der Waals surface area contributed by atoms with Gasteiger partial charge in [0, 0.05) is 31.2 Å². The lowest BCUT2D eigenvalue weighted by atomic mass is 9.77. The summed E-state index contributed by atoms with van der Waals surface area (Å²) in [6, 6.07) is 2.03. The summed E-state index contributed by atoms with van der Waals surface area (Å²) in [6.07, 6.45) is 6.48. The van der Waals surface area contributed by atoms with E-state index in [9.17, 15) is 4.79 Å². The van der Waals surface area contributed by atoms with Gasteiger partial charge in [0.05, 0.1) is 16.6 Å². The molecule has 0 aromatic carbocycles. The molecule has 0 bridgehead atoms. The highest BCUT2D eigenvalue weighted by atomic mass is 35.5. The zero-order chi connectivity index (χ0) is 20.2. The fraction of sp³-hybridized carbons (Fsp3) is 0.696. The van der Waals surface area contributed by atoms with Crippen molar-refractivity contribution in [3.05, 3.63) is 23.0 Å². The third-order valence-electron chi connectivity index (χ3n) is 6.90. The Morgan fingerprint density at radius 1 is 1.27 bits per heavy atom. The van der Waals surface area contributed by atoms with E-state index in [1.165, 1.54) is 6.42 Å². The van der Waals surface area contributed by atoms with E-state index in [-0.39, 0.29) is 23.7 Å². The Balaban J connectivity index is 0.00000218. The number of piperidine rings is 1. The standard InChI is InChI=1S/C23H32N4O2.ClH/c1-22(2,3)13-18-19-16(12-17(15-4-5-15)25-20(19)29-26-18)21(28)27-10-7-23(8-11-27)6-9-24-14-23;/h12,15,24H,4-11,13-14H2,1-3H3;1H. The summed E-state index contributed by atoms with van der Waals surface area (Å²) >= 11 is 0. The van der Waals surface area contributed by atoms with Gasteiger partial charge in [-0.25, -0.2) is 4.98 Å². The molecule has 4 heterocycles. The molecular formula is C23H33ClN4O2. The molecule has 2 aromatic heterocycles. The topological polar surface area (TPSA) is 71.3 Å². The van der Waals surface area contributed by atoms with Gasteiger partial charge < -0.3 is 14.7 Å². The van der Waals surface area contributed by atoms with Crippen molar-refractivity contribution >= 4 is 29.4 Å². The average molecular weight is 433 g/mol. The highest BCUT2D eigenvalue weighted by Crippen LogP contribution is 2.42. The van der Waals surface area contributed by atoms with Gasteiger partial charge in [-0.2, -0.15) is 0 Å². The van der Waals surface area contributed by atoms with Crippen molar-refractivity contribution in [3.8, 4) is 0 Å². The highest BCUT2D eigenvalue weighted by Gasteiger charge is 2.39. The van der Waals surface area contributed by atoms with Gasteiger partial charge in [0.25, 0.3) is 11.6 Å². The number of aromatic nitrogens is 2. The van der Waals surface area contributed by atoms with E-state index >= 15 is 0 Å². The lowest BCUT2D eigenvalue weighted by Crippen LogP contribution is -2.44. The molecule has 7 heteroatoms. The molecule has 0 unspecified atom stereocenters. The summed E-state index contributed by atoms with van der Waals surface area (Å²) in [6.45, 7) is 10.4. The molecule has 1 saturated carbocycles. The summed E-state index contributed by atoms with van der Waals surface area (Å²) in [5.74, 6) is 0.592. The monoisotopic (exact) mass is 432 g/mol. The van der Waals surface area contributed by atoms with Crippen LogP contribution in [0.25, 0.3) is 11.1 Å². The van der Waals surface area contributed by atoms with E-state index < -0.39 is 0 Å². The first-order valence-corrected chi connectivity index (χ1v) is 11.1. The highest BCUT2D eigenvalue weighted by molar-refractivity contribution is 6.06. The number of nitrogens with zero attached hydrogens (tertiary/aromatic N) is 3. The Morgan fingerprint density at radius 2 is 2.00 bits per heavy atom. The predicted molar refractivity (Wildman–Crippen MR) is 119 cm³/mol. The van der Waals surface area contributed by atoms with Gasteiger partial charge in [0.2, 0.25) is 0 Å².